The molecule has 1 aliphatic rings. The summed E-state index contributed by atoms with van der Waals surface area (Å²) in [4.78, 5) is 12.2. The van der Waals surface area contributed by atoms with Gasteiger partial charge in [-0.15, -0.1) is 0 Å². The molecule has 1 fully saturated rings. The second kappa shape index (κ2) is 7.28. The third-order valence-electron chi connectivity index (χ3n) is 4.54. The van der Waals surface area contributed by atoms with Crippen molar-refractivity contribution in [1.29, 1.82) is 0 Å². The largest absolute Gasteiger partial charge is 0.381 e. The molecular formula is C20H17F2N3O2. The maximum absolute atomic E-state index is 14.3. The van der Waals surface area contributed by atoms with Crippen molar-refractivity contribution in [3.63, 3.8) is 0 Å². The van der Waals surface area contributed by atoms with E-state index in [-0.39, 0.29) is 23.3 Å². The molecular weight excluding hydrogens is 352 g/mol. The summed E-state index contributed by atoms with van der Waals surface area (Å²) in [5.74, 6) is -1.35. The molecule has 3 aromatic rings. The Morgan fingerprint density at radius 1 is 1.22 bits per heavy atom. The van der Waals surface area contributed by atoms with Crippen LogP contribution in [0.1, 0.15) is 17.7 Å². The van der Waals surface area contributed by atoms with E-state index in [4.69, 9.17) is 4.74 Å². The number of hydrogen-bond acceptors (Lipinski definition) is 3. The van der Waals surface area contributed by atoms with E-state index in [0.29, 0.717) is 36.2 Å². The normalized spacial score (nSPS) is 17.0. The lowest BCUT2D eigenvalue weighted by molar-refractivity contribution is -0.119. The minimum atomic E-state index is -0.535. The van der Waals surface area contributed by atoms with Crippen LogP contribution in [-0.2, 0) is 9.53 Å². The highest BCUT2D eigenvalue weighted by molar-refractivity contribution is 5.97. The number of nitrogens with zero attached hydrogens (tertiary/aromatic N) is 1. The summed E-state index contributed by atoms with van der Waals surface area (Å²) in [7, 11) is 0. The van der Waals surface area contributed by atoms with Gasteiger partial charge in [0.25, 0.3) is 0 Å². The van der Waals surface area contributed by atoms with Crippen molar-refractivity contribution in [2.45, 2.75) is 6.42 Å². The van der Waals surface area contributed by atoms with Crippen molar-refractivity contribution in [2.75, 3.05) is 18.5 Å². The van der Waals surface area contributed by atoms with Gasteiger partial charge in [0.05, 0.1) is 29.4 Å². The fourth-order valence-corrected chi connectivity index (χ4v) is 3.01. The number of halogens is 2. The van der Waals surface area contributed by atoms with E-state index in [0.717, 1.165) is 5.56 Å². The van der Waals surface area contributed by atoms with Gasteiger partial charge in [-0.05, 0) is 36.3 Å². The average Bonchev–Trinajstić information content (AvgIpc) is 3.32. The zero-order chi connectivity index (χ0) is 18.8. The van der Waals surface area contributed by atoms with E-state index in [1.54, 1.807) is 30.4 Å². The van der Waals surface area contributed by atoms with Crippen LogP contribution in [0.3, 0.4) is 0 Å². The van der Waals surface area contributed by atoms with E-state index in [1.807, 2.05) is 0 Å². The van der Waals surface area contributed by atoms with Crippen LogP contribution in [0.2, 0.25) is 0 Å². The van der Waals surface area contributed by atoms with Gasteiger partial charge in [0.2, 0.25) is 5.91 Å². The number of fused-ring (bicyclic) bond motifs is 1. The molecule has 5 nitrogen and oxygen atoms in total. The smallest absolute Gasteiger partial charge is 0.229 e. The first-order chi connectivity index (χ1) is 13.1. The molecule has 0 spiro atoms. The molecule has 1 saturated heterocycles. The van der Waals surface area contributed by atoms with Crippen LogP contribution < -0.4 is 5.32 Å². The Kier molecular flexibility index (Phi) is 4.68. The highest BCUT2D eigenvalue weighted by Crippen LogP contribution is 2.26. The first kappa shape index (κ1) is 17.4. The summed E-state index contributed by atoms with van der Waals surface area (Å²) in [5.41, 5.74) is 2.03. The number of aromatic amines is 1. The van der Waals surface area contributed by atoms with E-state index in [1.165, 1.54) is 18.2 Å². The highest BCUT2D eigenvalue weighted by atomic mass is 19.1. The van der Waals surface area contributed by atoms with Crippen LogP contribution >= 0.6 is 0 Å². The molecule has 0 radical (unpaired) electrons. The molecule has 4 rings (SSSR count). The highest BCUT2D eigenvalue weighted by Gasteiger charge is 2.24. The van der Waals surface area contributed by atoms with Crippen LogP contribution in [0.5, 0.6) is 0 Å². The third kappa shape index (κ3) is 3.73. The lowest BCUT2D eigenvalue weighted by Crippen LogP contribution is -2.23. The molecule has 2 heterocycles. The molecule has 27 heavy (non-hydrogen) atoms. The first-order valence-electron chi connectivity index (χ1n) is 8.60. The Hall–Kier alpha value is -3.06. The monoisotopic (exact) mass is 369 g/mol. The summed E-state index contributed by atoms with van der Waals surface area (Å²) in [6.45, 7) is 0.896. The van der Waals surface area contributed by atoms with Gasteiger partial charge in [0.15, 0.2) is 0 Å². The Bertz CT molecular complexity index is 1010. The van der Waals surface area contributed by atoms with Crippen molar-refractivity contribution in [2.24, 2.45) is 5.92 Å². The number of nitrogens with one attached hydrogen (secondary N) is 2. The van der Waals surface area contributed by atoms with Crippen molar-refractivity contribution in [3.05, 3.63) is 59.3 Å². The standard InChI is InChI=1S/C20H17F2N3O2/c21-14-4-1-12(2-5-14)3-6-17-15-9-19(16(22)10-18(15)25-24-17)23-20(26)13-7-8-27-11-13/h1-6,9-10,13H,7-8,11H2,(H,23,26)(H,24,25). The second-order valence-electron chi connectivity index (χ2n) is 6.42. The van der Waals surface area contributed by atoms with Crippen LogP contribution in [0.4, 0.5) is 14.5 Å². The van der Waals surface area contributed by atoms with Crippen LogP contribution in [0.25, 0.3) is 23.1 Å². The minimum Gasteiger partial charge on any atom is -0.381 e. The third-order valence-corrected chi connectivity index (χ3v) is 4.54. The zero-order valence-corrected chi connectivity index (χ0v) is 14.3. The maximum Gasteiger partial charge on any atom is 0.229 e. The van der Waals surface area contributed by atoms with Crippen molar-refractivity contribution in [1.82, 2.24) is 10.2 Å². The average molecular weight is 369 g/mol. The number of hydrogen-bond donors (Lipinski definition) is 2. The van der Waals surface area contributed by atoms with Gasteiger partial charge in [0, 0.05) is 18.1 Å². The zero-order valence-electron chi connectivity index (χ0n) is 14.3. The molecule has 0 aliphatic carbocycles. The van der Waals surface area contributed by atoms with Crippen molar-refractivity contribution in [3.8, 4) is 0 Å². The molecule has 1 aromatic heterocycles. The molecule has 0 bridgehead atoms. The molecule has 1 atom stereocenters. The lowest BCUT2D eigenvalue weighted by Gasteiger charge is -2.10. The van der Waals surface area contributed by atoms with Gasteiger partial charge in [-0.25, -0.2) is 8.78 Å². The maximum atomic E-state index is 14.3. The molecule has 7 heteroatoms. The van der Waals surface area contributed by atoms with Gasteiger partial charge in [-0.1, -0.05) is 18.2 Å². The topological polar surface area (TPSA) is 67.0 Å². The Morgan fingerprint density at radius 3 is 2.78 bits per heavy atom. The van der Waals surface area contributed by atoms with Gasteiger partial charge in [-0.2, -0.15) is 5.10 Å². The van der Waals surface area contributed by atoms with Gasteiger partial charge in [-0.3, -0.25) is 9.89 Å². The molecule has 1 unspecified atom stereocenters. The molecule has 1 amide bonds. The number of carbonyl (C=O) groups excluding carboxylic acids is 1. The predicted molar refractivity (Wildman–Crippen MR) is 98.9 cm³/mol. The Balaban J connectivity index is 1.61. The predicted octanol–water partition coefficient (Wildman–Crippen LogP) is 3.99. The van der Waals surface area contributed by atoms with E-state index >= 15 is 0 Å². The Labute approximate surface area is 154 Å². The number of H-pyrrole nitrogens is 1. The summed E-state index contributed by atoms with van der Waals surface area (Å²) in [6.07, 6.45) is 4.17. The second-order valence-corrected chi connectivity index (χ2v) is 6.42. The number of carbonyl (C=O) groups is 1. The van der Waals surface area contributed by atoms with Gasteiger partial charge in [0.1, 0.15) is 11.6 Å². The van der Waals surface area contributed by atoms with Crippen LogP contribution in [0.15, 0.2) is 36.4 Å². The number of amides is 1. The molecule has 1 aliphatic heterocycles. The number of aromatic nitrogens is 2. The quantitative estimate of drug-likeness (QED) is 0.731. The van der Waals surface area contributed by atoms with E-state index in [2.05, 4.69) is 15.5 Å². The fraction of sp³-hybridized carbons (Fsp3) is 0.200. The summed E-state index contributed by atoms with van der Waals surface area (Å²) < 4.78 is 32.5. The van der Waals surface area contributed by atoms with Gasteiger partial charge >= 0.3 is 0 Å². The van der Waals surface area contributed by atoms with Crippen molar-refractivity contribution >= 4 is 34.6 Å². The van der Waals surface area contributed by atoms with E-state index in [9.17, 15) is 13.6 Å². The number of benzene rings is 2. The molecule has 2 N–H and O–H groups in total. The minimum absolute atomic E-state index is 0.109. The Morgan fingerprint density at radius 2 is 2.04 bits per heavy atom. The fourth-order valence-electron chi connectivity index (χ4n) is 3.01. The van der Waals surface area contributed by atoms with Crippen molar-refractivity contribution < 1.29 is 18.3 Å². The molecule has 2 aromatic carbocycles. The number of anilines is 1. The summed E-state index contributed by atoms with van der Waals surface area (Å²) >= 11 is 0. The van der Waals surface area contributed by atoms with E-state index < -0.39 is 5.82 Å². The summed E-state index contributed by atoms with van der Waals surface area (Å²) in [6, 6.07) is 8.91. The number of rotatable bonds is 4. The first-order valence-corrected chi connectivity index (χ1v) is 8.60. The van der Waals surface area contributed by atoms with Crippen LogP contribution in [0, 0.1) is 17.6 Å². The molecule has 0 saturated carbocycles. The van der Waals surface area contributed by atoms with Crippen LogP contribution in [-0.4, -0.2) is 29.3 Å². The molecule has 138 valence electrons. The van der Waals surface area contributed by atoms with Gasteiger partial charge < -0.3 is 10.1 Å². The SMILES string of the molecule is O=C(Nc1cc2c(C=Cc3ccc(F)cc3)n[nH]c2cc1F)C1CCOC1. The number of ether oxygens (including phenoxy) is 1. The lowest BCUT2D eigenvalue weighted by atomic mass is 10.1. The summed E-state index contributed by atoms with van der Waals surface area (Å²) in [5, 5.41) is 10.3.